The van der Waals surface area contributed by atoms with Crippen LogP contribution in [0.5, 0.6) is 5.75 Å². The lowest BCUT2D eigenvalue weighted by Gasteiger charge is -2.13. The number of nitrogens with zero attached hydrogens (tertiary/aromatic N) is 4. The molecule has 0 aliphatic rings. The molecule has 0 saturated carbocycles. The number of amides is 1. The van der Waals surface area contributed by atoms with E-state index in [0.29, 0.717) is 16.5 Å². The van der Waals surface area contributed by atoms with Gasteiger partial charge in [-0.1, -0.05) is 17.8 Å². The monoisotopic (exact) mass is 433 g/mol. The van der Waals surface area contributed by atoms with E-state index in [1.165, 1.54) is 16.4 Å². The molecule has 2 N–H and O–H groups in total. The Morgan fingerprint density at radius 1 is 1.27 bits per heavy atom. The number of phenols is 1. The molecule has 0 radical (unpaired) electrons. The largest absolute Gasteiger partial charge is 0.508 e. The highest BCUT2D eigenvalue weighted by atomic mass is 79.9. The van der Waals surface area contributed by atoms with Crippen molar-refractivity contribution < 1.29 is 9.90 Å². The number of halogens is 1. The van der Waals surface area contributed by atoms with Gasteiger partial charge in [-0.05, 0) is 82.2 Å². The van der Waals surface area contributed by atoms with Gasteiger partial charge in [0, 0.05) is 4.47 Å². The maximum Gasteiger partial charge on any atom is 0.237 e. The molecule has 0 fully saturated rings. The molecule has 1 amide bonds. The SMILES string of the molecule is Cc1ccc(NC(=O)C(C)Sc2nnnn2-c2ccc(O)cc2)c(Br)c1. The van der Waals surface area contributed by atoms with Gasteiger partial charge in [-0.25, -0.2) is 0 Å². The van der Waals surface area contributed by atoms with E-state index in [4.69, 9.17) is 0 Å². The molecule has 2 aromatic carbocycles. The first-order valence-electron chi connectivity index (χ1n) is 7.75. The highest BCUT2D eigenvalue weighted by Gasteiger charge is 2.20. The second kappa shape index (κ2) is 7.88. The van der Waals surface area contributed by atoms with Gasteiger partial charge in [-0.15, -0.1) is 5.10 Å². The summed E-state index contributed by atoms with van der Waals surface area (Å²) in [5, 5.41) is 24.0. The predicted molar refractivity (Wildman–Crippen MR) is 104 cm³/mol. The van der Waals surface area contributed by atoms with Crippen LogP contribution in [0.3, 0.4) is 0 Å². The highest BCUT2D eigenvalue weighted by Crippen LogP contribution is 2.27. The summed E-state index contributed by atoms with van der Waals surface area (Å²) in [6.07, 6.45) is 0. The number of phenolic OH excluding ortho intramolecular Hbond substituents is 1. The summed E-state index contributed by atoms with van der Waals surface area (Å²) in [6, 6.07) is 12.2. The molecule has 134 valence electrons. The van der Waals surface area contributed by atoms with Gasteiger partial charge < -0.3 is 10.4 Å². The standard InChI is InChI=1S/C17H16BrN5O2S/c1-10-3-8-15(14(18)9-10)19-16(25)11(2)26-17-20-21-22-23(17)12-4-6-13(24)7-5-12/h3-9,11,24H,1-2H3,(H,19,25). The van der Waals surface area contributed by atoms with E-state index >= 15 is 0 Å². The summed E-state index contributed by atoms with van der Waals surface area (Å²) in [5.41, 5.74) is 2.51. The topological polar surface area (TPSA) is 92.9 Å². The summed E-state index contributed by atoms with van der Waals surface area (Å²) in [4.78, 5) is 12.5. The van der Waals surface area contributed by atoms with E-state index in [0.717, 1.165) is 10.0 Å². The number of nitrogens with one attached hydrogen (secondary N) is 1. The quantitative estimate of drug-likeness (QED) is 0.597. The maximum absolute atomic E-state index is 12.5. The van der Waals surface area contributed by atoms with Gasteiger partial charge in [-0.3, -0.25) is 4.79 Å². The molecule has 1 unspecified atom stereocenters. The van der Waals surface area contributed by atoms with Gasteiger partial charge >= 0.3 is 0 Å². The first-order chi connectivity index (χ1) is 12.4. The van der Waals surface area contributed by atoms with Crippen LogP contribution in [0.15, 0.2) is 52.1 Å². The third kappa shape index (κ3) is 4.23. The molecule has 3 aromatic rings. The number of hydrogen-bond acceptors (Lipinski definition) is 6. The lowest BCUT2D eigenvalue weighted by molar-refractivity contribution is -0.115. The van der Waals surface area contributed by atoms with Crippen LogP contribution in [0.2, 0.25) is 0 Å². The fraction of sp³-hybridized carbons (Fsp3) is 0.176. The van der Waals surface area contributed by atoms with Crippen molar-refractivity contribution in [2.24, 2.45) is 0 Å². The summed E-state index contributed by atoms with van der Waals surface area (Å²) in [7, 11) is 0. The zero-order chi connectivity index (χ0) is 18.7. The molecule has 0 spiro atoms. The molecule has 0 saturated heterocycles. The number of aromatic nitrogens is 4. The van der Waals surface area contributed by atoms with Crippen LogP contribution in [-0.2, 0) is 4.79 Å². The molecule has 0 aliphatic heterocycles. The Balaban J connectivity index is 1.72. The normalized spacial score (nSPS) is 12.0. The van der Waals surface area contributed by atoms with Crippen molar-refractivity contribution in [2.45, 2.75) is 24.3 Å². The number of thioether (sulfide) groups is 1. The molecule has 3 rings (SSSR count). The lowest BCUT2D eigenvalue weighted by Crippen LogP contribution is -2.23. The molecule has 0 aliphatic carbocycles. The Hall–Kier alpha value is -2.39. The van der Waals surface area contributed by atoms with Crippen molar-refractivity contribution in [3.63, 3.8) is 0 Å². The zero-order valence-corrected chi connectivity index (χ0v) is 16.5. The molecule has 9 heteroatoms. The van der Waals surface area contributed by atoms with Crippen molar-refractivity contribution in [3.8, 4) is 11.4 Å². The van der Waals surface area contributed by atoms with Crippen LogP contribution in [0.4, 0.5) is 5.69 Å². The number of carbonyl (C=O) groups excluding carboxylic acids is 1. The Kier molecular flexibility index (Phi) is 5.58. The van der Waals surface area contributed by atoms with Crippen LogP contribution in [0.1, 0.15) is 12.5 Å². The first kappa shape index (κ1) is 18.4. The van der Waals surface area contributed by atoms with Gasteiger partial charge in [0.15, 0.2) is 0 Å². The van der Waals surface area contributed by atoms with Crippen LogP contribution in [0, 0.1) is 6.92 Å². The maximum atomic E-state index is 12.5. The van der Waals surface area contributed by atoms with Gasteiger partial charge in [0.25, 0.3) is 0 Å². The number of tetrazole rings is 1. The number of carbonyl (C=O) groups is 1. The molecular formula is C17H16BrN5O2S. The molecule has 1 atom stereocenters. The lowest BCUT2D eigenvalue weighted by atomic mass is 10.2. The van der Waals surface area contributed by atoms with Crippen molar-refractivity contribution >= 4 is 39.3 Å². The second-order valence-electron chi connectivity index (χ2n) is 5.62. The minimum Gasteiger partial charge on any atom is -0.508 e. The summed E-state index contributed by atoms with van der Waals surface area (Å²) in [5.74, 6) is 0.00672. The minimum absolute atomic E-state index is 0.153. The average molecular weight is 434 g/mol. The number of aryl methyl sites for hydroxylation is 1. The Morgan fingerprint density at radius 3 is 2.69 bits per heavy atom. The van der Waals surface area contributed by atoms with E-state index in [1.807, 2.05) is 25.1 Å². The fourth-order valence-corrected chi connectivity index (χ4v) is 3.58. The number of hydrogen-bond donors (Lipinski definition) is 2. The smallest absolute Gasteiger partial charge is 0.237 e. The molecule has 0 bridgehead atoms. The molecule has 1 heterocycles. The molecule has 7 nitrogen and oxygen atoms in total. The first-order valence-corrected chi connectivity index (χ1v) is 9.43. The summed E-state index contributed by atoms with van der Waals surface area (Å²) < 4.78 is 2.35. The highest BCUT2D eigenvalue weighted by molar-refractivity contribution is 9.10. The van der Waals surface area contributed by atoms with E-state index in [9.17, 15) is 9.90 Å². The van der Waals surface area contributed by atoms with Gasteiger partial charge in [0.1, 0.15) is 5.75 Å². The van der Waals surface area contributed by atoms with Crippen molar-refractivity contribution in [2.75, 3.05) is 5.32 Å². The van der Waals surface area contributed by atoms with Gasteiger partial charge in [0.05, 0.1) is 16.6 Å². The summed E-state index contributed by atoms with van der Waals surface area (Å²) in [6.45, 7) is 3.77. The van der Waals surface area contributed by atoms with Gasteiger partial charge in [0.2, 0.25) is 11.1 Å². The third-order valence-corrected chi connectivity index (χ3v) is 5.26. The number of benzene rings is 2. The minimum atomic E-state index is -0.412. The molecule has 26 heavy (non-hydrogen) atoms. The van der Waals surface area contributed by atoms with Crippen LogP contribution < -0.4 is 5.32 Å². The van der Waals surface area contributed by atoms with Crippen molar-refractivity contribution in [3.05, 3.63) is 52.5 Å². The second-order valence-corrected chi connectivity index (χ2v) is 7.78. The summed E-state index contributed by atoms with van der Waals surface area (Å²) >= 11 is 4.70. The number of aromatic hydroxyl groups is 1. The Labute approximate surface area is 162 Å². The molecular weight excluding hydrogens is 418 g/mol. The van der Waals surface area contributed by atoms with Crippen molar-refractivity contribution in [1.82, 2.24) is 20.2 Å². The predicted octanol–water partition coefficient (Wildman–Crippen LogP) is 3.56. The number of rotatable bonds is 5. The Morgan fingerprint density at radius 2 is 2.00 bits per heavy atom. The van der Waals surface area contributed by atoms with E-state index in [1.54, 1.807) is 31.2 Å². The van der Waals surface area contributed by atoms with Crippen LogP contribution >= 0.6 is 27.7 Å². The zero-order valence-electron chi connectivity index (χ0n) is 14.0. The van der Waals surface area contributed by atoms with E-state index in [2.05, 4.69) is 36.8 Å². The third-order valence-electron chi connectivity index (χ3n) is 3.57. The fourth-order valence-electron chi connectivity index (χ4n) is 2.18. The van der Waals surface area contributed by atoms with E-state index in [-0.39, 0.29) is 11.7 Å². The van der Waals surface area contributed by atoms with E-state index < -0.39 is 5.25 Å². The average Bonchev–Trinajstić information content (AvgIpc) is 3.06. The van der Waals surface area contributed by atoms with Crippen molar-refractivity contribution in [1.29, 1.82) is 0 Å². The molecule has 1 aromatic heterocycles. The Bertz CT molecular complexity index is 929. The van der Waals surface area contributed by atoms with Gasteiger partial charge in [-0.2, -0.15) is 4.68 Å². The van der Waals surface area contributed by atoms with Crippen LogP contribution in [-0.4, -0.2) is 36.5 Å². The number of anilines is 1. The van der Waals surface area contributed by atoms with Crippen LogP contribution in [0.25, 0.3) is 5.69 Å².